The summed E-state index contributed by atoms with van der Waals surface area (Å²) in [5.74, 6) is -0.153. The van der Waals surface area contributed by atoms with E-state index in [0.717, 1.165) is 3.79 Å². The third-order valence-corrected chi connectivity index (χ3v) is 5.71. The number of aromatic nitrogens is 2. The molecule has 2 aromatic rings. The maximum atomic E-state index is 12.9. The fourth-order valence-corrected chi connectivity index (χ4v) is 4.54. The summed E-state index contributed by atoms with van der Waals surface area (Å²) in [5.41, 5.74) is -0.280. The van der Waals surface area contributed by atoms with Gasteiger partial charge in [0.25, 0.3) is 5.56 Å². The van der Waals surface area contributed by atoms with Crippen LogP contribution in [-0.4, -0.2) is 21.6 Å². The number of amides is 1. The van der Waals surface area contributed by atoms with Crippen LogP contribution < -0.4 is 16.6 Å². The highest BCUT2D eigenvalue weighted by Gasteiger charge is 2.25. The molecule has 9 heteroatoms. The van der Waals surface area contributed by atoms with E-state index in [0.29, 0.717) is 29.6 Å². The van der Waals surface area contributed by atoms with Crippen molar-refractivity contribution in [2.75, 3.05) is 6.54 Å². The zero-order valence-electron chi connectivity index (χ0n) is 12.7. The molecule has 0 saturated carbocycles. The van der Waals surface area contributed by atoms with Crippen molar-refractivity contribution in [2.24, 2.45) is 0 Å². The number of thiophene rings is 1. The molecule has 0 unspecified atom stereocenters. The van der Waals surface area contributed by atoms with Crippen LogP contribution in [0.2, 0.25) is 0 Å². The van der Waals surface area contributed by atoms with Gasteiger partial charge >= 0.3 is 5.69 Å². The molecule has 1 aliphatic heterocycles. The lowest BCUT2D eigenvalue weighted by atomic mass is 10.1. The van der Waals surface area contributed by atoms with Crippen molar-refractivity contribution >= 4 is 43.4 Å². The number of fused-ring (bicyclic) bond motifs is 1. The van der Waals surface area contributed by atoms with E-state index in [-0.39, 0.29) is 30.9 Å². The van der Waals surface area contributed by atoms with Crippen LogP contribution in [0.1, 0.15) is 31.7 Å². The van der Waals surface area contributed by atoms with Gasteiger partial charge in [0.2, 0.25) is 5.91 Å². The molecule has 0 spiro atoms. The Balaban J connectivity index is 2.23. The van der Waals surface area contributed by atoms with Gasteiger partial charge in [-0.3, -0.25) is 18.7 Å². The lowest BCUT2D eigenvalue weighted by Gasteiger charge is -2.18. The summed E-state index contributed by atoms with van der Waals surface area (Å²) in [6.45, 7) is 0.772. The summed E-state index contributed by atoms with van der Waals surface area (Å²) in [5, 5.41) is 11.6. The van der Waals surface area contributed by atoms with E-state index in [1.807, 2.05) is 6.07 Å². The van der Waals surface area contributed by atoms with Gasteiger partial charge in [-0.05, 0) is 34.8 Å². The van der Waals surface area contributed by atoms with Gasteiger partial charge < -0.3 is 5.32 Å². The number of nitriles is 1. The van der Waals surface area contributed by atoms with Gasteiger partial charge in [-0.15, -0.1) is 11.3 Å². The summed E-state index contributed by atoms with van der Waals surface area (Å²) in [7, 11) is 0. The third kappa shape index (κ3) is 3.03. The highest BCUT2D eigenvalue weighted by atomic mass is 79.9. The predicted octanol–water partition coefficient (Wildman–Crippen LogP) is 1.74. The van der Waals surface area contributed by atoms with Crippen molar-refractivity contribution in [3.63, 3.8) is 0 Å². The van der Waals surface area contributed by atoms with E-state index < -0.39 is 11.7 Å². The molecule has 0 aromatic carbocycles. The third-order valence-electron chi connectivity index (χ3n) is 4.09. The van der Waals surface area contributed by atoms with E-state index in [4.69, 9.17) is 5.26 Å². The minimum Gasteiger partial charge on any atom is -0.356 e. The number of hydrogen-bond donors (Lipinski definition) is 1. The second kappa shape index (κ2) is 6.91. The number of hydrogen-bond acceptors (Lipinski definition) is 5. The molecule has 3 heterocycles. The van der Waals surface area contributed by atoms with E-state index in [2.05, 4.69) is 21.2 Å². The number of aryl methyl sites for hydroxylation is 1. The van der Waals surface area contributed by atoms with Crippen molar-refractivity contribution in [1.29, 1.82) is 5.26 Å². The Hall–Kier alpha value is -1.92. The van der Waals surface area contributed by atoms with Crippen molar-refractivity contribution in [1.82, 2.24) is 14.5 Å². The summed E-state index contributed by atoms with van der Waals surface area (Å²) < 4.78 is 3.87. The maximum absolute atomic E-state index is 12.9. The number of nitrogens with one attached hydrogen (secondary N) is 1. The molecule has 1 aliphatic rings. The largest absolute Gasteiger partial charge is 0.356 e. The Morgan fingerprint density at radius 1 is 1.42 bits per heavy atom. The second-order valence-corrected chi connectivity index (χ2v) is 8.06. The Bertz CT molecular complexity index is 952. The average molecular weight is 411 g/mol. The van der Waals surface area contributed by atoms with Crippen molar-refractivity contribution in [3.8, 4) is 6.07 Å². The molecule has 0 radical (unpaired) electrons. The standard InChI is InChI=1S/C15H15BrN4O3S/c16-11-8-10-13(24-11)14(22)20(15(23)19(10)6-2-4-17)9-3-1-5-18-12(21)7-9/h8-9H,1-3,5-7H2,(H,18,21)/t9-/m1/s1. The van der Waals surface area contributed by atoms with Gasteiger partial charge in [0.15, 0.2) is 0 Å². The number of halogens is 1. The van der Waals surface area contributed by atoms with Crippen LogP contribution in [0, 0.1) is 11.3 Å². The van der Waals surface area contributed by atoms with Gasteiger partial charge in [-0.2, -0.15) is 5.26 Å². The van der Waals surface area contributed by atoms with Crippen LogP contribution in [-0.2, 0) is 11.3 Å². The Kier molecular flexibility index (Phi) is 4.87. The van der Waals surface area contributed by atoms with Crippen LogP contribution >= 0.6 is 27.3 Å². The number of carbonyl (C=O) groups is 1. The first-order valence-corrected chi connectivity index (χ1v) is 9.22. The average Bonchev–Trinajstić information content (AvgIpc) is 2.80. The fraction of sp³-hybridized carbons (Fsp3) is 0.467. The van der Waals surface area contributed by atoms with Crippen LogP contribution in [0.4, 0.5) is 0 Å². The lowest BCUT2D eigenvalue weighted by Crippen LogP contribution is -2.42. The predicted molar refractivity (Wildman–Crippen MR) is 94.2 cm³/mol. The zero-order valence-corrected chi connectivity index (χ0v) is 15.2. The van der Waals surface area contributed by atoms with Crippen LogP contribution in [0.5, 0.6) is 0 Å². The monoisotopic (exact) mass is 410 g/mol. The molecule has 1 fully saturated rings. The van der Waals surface area contributed by atoms with Crippen LogP contribution in [0.25, 0.3) is 10.2 Å². The maximum Gasteiger partial charge on any atom is 0.331 e. The lowest BCUT2D eigenvalue weighted by molar-refractivity contribution is -0.121. The Labute approximate surface area is 149 Å². The summed E-state index contributed by atoms with van der Waals surface area (Å²) >= 11 is 4.61. The molecule has 1 amide bonds. The molecule has 7 nitrogen and oxygen atoms in total. The first-order valence-electron chi connectivity index (χ1n) is 7.61. The van der Waals surface area contributed by atoms with Gasteiger partial charge in [0.1, 0.15) is 4.70 Å². The molecule has 1 N–H and O–H groups in total. The number of rotatable bonds is 3. The smallest absolute Gasteiger partial charge is 0.331 e. The molecular weight excluding hydrogens is 396 g/mol. The van der Waals surface area contributed by atoms with Gasteiger partial charge in [0.05, 0.1) is 27.8 Å². The molecule has 0 bridgehead atoms. The molecular formula is C15H15BrN4O3S. The normalized spacial score (nSPS) is 18.2. The molecule has 126 valence electrons. The number of carbonyl (C=O) groups excluding carboxylic acids is 1. The first-order chi connectivity index (χ1) is 11.5. The van der Waals surface area contributed by atoms with E-state index in [1.54, 1.807) is 6.07 Å². The molecule has 2 aromatic heterocycles. The van der Waals surface area contributed by atoms with Gasteiger partial charge in [-0.25, -0.2) is 4.79 Å². The van der Waals surface area contributed by atoms with Crippen molar-refractivity contribution in [3.05, 3.63) is 30.7 Å². The molecule has 1 atom stereocenters. The first kappa shape index (κ1) is 16.9. The Morgan fingerprint density at radius 2 is 2.21 bits per heavy atom. The quantitative estimate of drug-likeness (QED) is 0.832. The molecule has 1 saturated heterocycles. The fourth-order valence-electron chi connectivity index (χ4n) is 3.01. The summed E-state index contributed by atoms with van der Waals surface area (Å²) in [4.78, 5) is 37.6. The van der Waals surface area contributed by atoms with Crippen LogP contribution in [0.3, 0.4) is 0 Å². The molecule has 24 heavy (non-hydrogen) atoms. The van der Waals surface area contributed by atoms with E-state index in [1.165, 1.54) is 20.5 Å². The van der Waals surface area contributed by atoms with Crippen molar-refractivity contribution in [2.45, 2.75) is 38.3 Å². The Morgan fingerprint density at radius 3 is 2.96 bits per heavy atom. The van der Waals surface area contributed by atoms with Crippen LogP contribution in [0.15, 0.2) is 19.4 Å². The summed E-state index contributed by atoms with van der Waals surface area (Å²) in [6, 6.07) is 3.30. The highest BCUT2D eigenvalue weighted by molar-refractivity contribution is 9.11. The van der Waals surface area contributed by atoms with E-state index in [9.17, 15) is 14.4 Å². The number of nitrogens with zero attached hydrogens (tertiary/aromatic N) is 3. The minimum absolute atomic E-state index is 0.117. The SMILES string of the molecule is N#CCCn1c(=O)n([C@@H]2CCCNC(=O)C2)c(=O)c2sc(Br)cc21. The van der Waals surface area contributed by atoms with Crippen molar-refractivity contribution < 1.29 is 4.79 Å². The zero-order chi connectivity index (χ0) is 17.3. The topological polar surface area (TPSA) is 96.9 Å². The second-order valence-electron chi connectivity index (χ2n) is 5.63. The molecule has 0 aliphatic carbocycles. The minimum atomic E-state index is -0.453. The van der Waals surface area contributed by atoms with E-state index >= 15 is 0 Å². The highest BCUT2D eigenvalue weighted by Crippen LogP contribution is 2.27. The summed E-state index contributed by atoms with van der Waals surface area (Å²) in [6.07, 6.45) is 1.59. The van der Waals surface area contributed by atoms with Gasteiger partial charge in [0, 0.05) is 19.5 Å². The molecule has 3 rings (SSSR count). The van der Waals surface area contributed by atoms with Gasteiger partial charge in [-0.1, -0.05) is 0 Å².